The van der Waals surface area contributed by atoms with Crippen LogP contribution in [-0.2, 0) is 12.5 Å². The van der Waals surface area contributed by atoms with Crippen molar-refractivity contribution in [1.29, 1.82) is 0 Å². The van der Waals surface area contributed by atoms with Crippen LogP contribution < -0.4 is 0 Å². The lowest BCUT2D eigenvalue weighted by molar-refractivity contribution is 0.590. The van der Waals surface area contributed by atoms with E-state index in [2.05, 4.69) is 45.8 Å². The van der Waals surface area contributed by atoms with Crippen LogP contribution in [0.2, 0.25) is 5.02 Å². The van der Waals surface area contributed by atoms with Crippen molar-refractivity contribution in [2.24, 2.45) is 7.05 Å². The van der Waals surface area contributed by atoms with Gasteiger partial charge in [0.05, 0.1) is 6.20 Å². The summed E-state index contributed by atoms with van der Waals surface area (Å²) in [4.78, 5) is 0. The van der Waals surface area contributed by atoms with Crippen molar-refractivity contribution in [3.8, 4) is 11.1 Å². The molecule has 22 heavy (non-hydrogen) atoms. The molecular weight excluding hydrogens is 292 g/mol. The molecule has 0 saturated carbocycles. The van der Waals surface area contributed by atoms with Crippen LogP contribution in [-0.4, -0.2) is 9.78 Å². The summed E-state index contributed by atoms with van der Waals surface area (Å²) in [6.07, 6.45) is 5.11. The first kappa shape index (κ1) is 20.7. The third-order valence-electron chi connectivity index (χ3n) is 2.80. The molecule has 0 unspecified atom stereocenters. The Morgan fingerprint density at radius 1 is 1.05 bits per heavy atom. The normalized spacial score (nSPS) is 10.2. The summed E-state index contributed by atoms with van der Waals surface area (Å²) in [6, 6.07) is 6.19. The van der Waals surface area contributed by atoms with Gasteiger partial charge in [0.1, 0.15) is 0 Å². The summed E-state index contributed by atoms with van der Waals surface area (Å²) in [7, 11) is 1.92. The maximum absolute atomic E-state index is 6.19. The Labute approximate surface area is 141 Å². The molecule has 0 aliphatic rings. The van der Waals surface area contributed by atoms with Gasteiger partial charge in [-0.2, -0.15) is 5.10 Å². The highest BCUT2D eigenvalue weighted by Gasteiger charge is 2.15. The molecule has 1 aromatic carbocycles. The molecule has 0 aliphatic heterocycles. The highest BCUT2D eigenvalue weighted by molar-refractivity contribution is 6.31. The van der Waals surface area contributed by atoms with E-state index in [0.717, 1.165) is 16.1 Å². The van der Waals surface area contributed by atoms with Crippen LogP contribution in [0.5, 0.6) is 0 Å². The Kier molecular flexibility index (Phi) is 9.12. The molecule has 0 radical (unpaired) electrons. The van der Waals surface area contributed by atoms with Crippen molar-refractivity contribution >= 4 is 11.6 Å². The second-order valence-electron chi connectivity index (χ2n) is 6.09. The predicted octanol–water partition coefficient (Wildman–Crippen LogP) is 6.48. The van der Waals surface area contributed by atoms with Crippen molar-refractivity contribution in [2.75, 3.05) is 0 Å². The van der Waals surface area contributed by atoms with Gasteiger partial charge in [-0.3, -0.25) is 4.68 Å². The molecule has 0 N–H and O–H groups in total. The minimum atomic E-state index is 0.0991. The van der Waals surface area contributed by atoms with Crippen molar-refractivity contribution in [1.82, 2.24) is 9.78 Å². The van der Waals surface area contributed by atoms with Gasteiger partial charge in [0, 0.05) is 23.8 Å². The summed E-state index contributed by atoms with van der Waals surface area (Å²) >= 11 is 6.19. The largest absolute Gasteiger partial charge is 0.275 e. The van der Waals surface area contributed by atoms with E-state index in [1.54, 1.807) is 4.68 Å². The summed E-state index contributed by atoms with van der Waals surface area (Å²) in [5.74, 6) is 0. The fourth-order valence-corrected chi connectivity index (χ4v) is 1.99. The number of halogens is 1. The van der Waals surface area contributed by atoms with Crippen LogP contribution in [0.15, 0.2) is 30.6 Å². The number of aromatic nitrogens is 2. The third kappa shape index (κ3) is 6.65. The molecule has 0 spiro atoms. The molecule has 0 atom stereocenters. The summed E-state index contributed by atoms with van der Waals surface area (Å²) < 4.78 is 1.80. The van der Waals surface area contributed by atoms with Crippen LogP contribution >= 0.6 is 11.6 Å². The Bertz CT molecular complexity index is 551. The second-order valence-corrected chi connectivity index (χ2v) is 6.52. The second kappa shape index (κ2) is 9.68. The first-order chi connectivity index (χ1) is 10.3. The van der Waals surface area contributed by atoms with Crippen LogP contribution in [0.25, 0.3) is 11.1 Å². The van der Waals surface area contributed by atoms with Gasteiger partial charge < -0.3 is 0 Å². The lowest BCUT2D eigenvalue weighted by atomic mass is 9.85. The van der Waals surface area contributed by atoms with Crippen LogP contribution in [0.1, 0.15) is 60.5 Å². The topological polar surface area (TPSA) is 17.8 Å². The molecule has 3 heteroatoms. The molecule has 0 saturated heterocycles. The molecule has 1 heterocycles. The van der Waals surface area contributed by atoms with Gasteiger partial charge in [-0.15, -0.1) is 0 Å². The van der Waals surface area contributed by atoms with E-state index in [-0.39, 0.29) is 5.41 Å². The van der Waals surface area contributed by atoms with E-state index >= 15 is 0 Å². The lowest BCUT2D eigenvalue weighted by Gasteiger charge is -2.20. The highest BCUT2D eigenvalue weighted by Crippen LogP contribution is 2.30. The molecule has 2 rings (SSSR count). The average molecular weight is 323 g/mol. The maximum Gasteiger partial charge on any atom is 0.0568 e. The van der Waals surface area contributed by atoms with E-state index < -0.39 is 0 Å². The van der Waals surface area contributed by atoms with E-state index in [9.17, 15) is 0 Å². The fraction of sp³-hybridized carbons (Fsp3) is 0.526. The zero-order chi connectivity index (χ0) is 17.3. The van der Waals surface area contributed by atoms with Gasteiger partial charge in [-0.1, -0.05) is 72.6 Å². The molecule has 2 aromatic rings. The van der Waals surface area contributed by atoms with Crippen LogP contribution in [0, 0.1) is 0 Å². The number of rotatable bonds is 1. The van der Waals surface area contributed by atoms with E-state index in [0.29, 0.717) is 0 Å². The van der Waals surface area contributed by atoms with Crippen molar-refractivity contribution < 1.29 is 0 Å². The van der Waals surface area contributed by atoms with Crippen LogP contribution in [0.4, 0.5) is 0 Å². The zero-order valence-corrected chi connectivity index (χ0v) is 16.1. The number of hydrogen-bond acceptors (Lipinski definition) is 1. The molecule has 1 aromatic heterocycles. The Balaban J connectivity index is 0.000000789. The van der Waals surface area contributed by atoms with E-state index in [1.807, 2.05) is 45.4 Å². The average Bonchev–Trinajstić information content (AvgIpc) is 2.87. The minimum Gasteiger partial charge on any atom is -0.275 e. The Morgan fingerprint density at radius 2 is 1.59 bits per heavy atom. The molecule has 124 valence electrons. The first-order valence-electron chi connectivity index (χ1n) is 8.08. The number of benzene rings is 1. The standard InChI is InChI=1S/C14H17ClN2.C3H8.C2H6/c1-14(2,3)12-5-10(6-13(15)7-12)11-8-16-17(4)9-11;1-3-2;1-2/h5-9H,1-4H3;3H2,1-2H3;1-2H3. The monoisotopic (exact) mass is 322 g/mol. The fourth-order valence-electron chi connectivity index (χ4n) is 1.76. The number of nitrogens with zero attached hydrogens (tertiary/aromatic N) is 2. The van der Waals surface area contributed by atoms with Gasteiger partial charge in [0.15, 0.2) is 0 Å². The molecule has 0 amide bonds. The summed E-state index contributed by atoms with van der Waals surface area (Å²) in [6.45, 7) is 14.8. The smallest absolute Gasteiger partial charge is 0.0568 e. The van der Waals surface area contributed by atoms with Crippen molar-refractivity contribution in [3.05, 3.63) is 41.2 Å². The van der Waals surface area contributed by atoms with Gasteiger partial charge >= 0.3 is 0 Å². The Morgan fingerprint density at radius 3 is 2.00 bits per heavy atom. The Hall–Kier alpha value is -1.28. The zero-order valence-electron chi connectivity index (χ0n) is 15.4. The van der Waals surface area contributed by atoms with Gasteiger partial charge in [0.25, 0.3) is 0 Å². The van der Waals surface area contributed by atoms with Crippen molar-refractivity contribution in [2.45, 2.75) is 60.3 Å². The summed E-state index contributed by atoms with van der Waals surface area (Å²) in [5, 5.41) is 4.96. The maximum atomic E-state index is 6.19. The minimum absolute atomic E-state index is 0.0991. The lowest BCUT2D eigenvalue weighted by Crippen LogP contribution is -2.10. The predicted molar refractivity (Wildman–Crippen MR) is 99.7 cm³/mol. The van der Waals surface area contributed by atoms with E-state index in [4.69, 9.17) is 11.6 Å². The van der Waals surface area contributed by atoms with E-state index in [1.165, 1.54) is 12.0 Å². The molecular formula is C19H31ClN2. The van der Waals surface area contributed by atoms with Gasteiger partial charge in [-0.25, -0.2) is 0 Å². The first-order valence-corrected chi connectivity index (χ1v) is 8.45. The molecule has 0 bridgehead atoms. The molecule has 2 nitrogen and oxygen atoms in total. The third-order valence-corrected chi connectivity index (χ3v) is 3.02. The SMILES string of the molecule is CC.CCC.Cn1cc(-c2cc(Cl)cc(C(C)(C)C)c2)cn1. The molecule has 0 aliphatic carbocycles. The van der Waals surface area contributed by atoms with Crippen molar-refractivity contribution in [3.63, 3.8) is 0 Å². The highest BCUT2D eigenvalue weighted by atomic mass is 35.5. The van der Waals surface area contributed by atoms with Gasteiger partial charge in [0.2, 0.25) is 0 Å². The molecule has 0 fully saturated rings. The number of hydrogen-bond donors (Lipinski definition) is 0. The number of aryl methyl sites for hydroxylation is 1. The summed E-state index contributed by atoms with van der Waals surface area (Å²) in [5.41, 5.74) is 3.56. The quantitative estimate of drug-likeness (QED) is 0.587. The van der Waals surface area contributed by atoms with Gasteiger partial charge in [-0.05, 0) is 28.7 Å². The van der Waals surface area contributed by atoms with Crippen LogP contribution in [0.3, 0.4) is 0 Å².